The SMILES string of the molecule is C[C@H]1CC(NCc2cncs2)c2ccsc2S1. The van der Waals surface area contributed by atoms with Crippen molar-refractivity contribution >= 4 is 34.4 Å². The number of rotatable bonds is 3. The molecular formula is C12H14N2S3. The van der Waals surface area contributed by atoms with Gasteiger partial charge in [0.2, 0.25) is 0 Å². The molecule has 2 nitrogen and oxygen atoms in total. The number of nitrogens with one attached hydrogen (secondary N) is 1. The number of hydrogen-bond donors (Lipinski definition) is 1. The van der Waals surface area contributed by atoms with Crippen LogP contribution in [0.15, 0.2) is 27.4 Å². The predicted molar refractivity (Wildman–Crippen MR) is 75.9 cm³/mol. The Labute approximate surface area is 113 Å². The maximum Gasteiger partial charge on any atom is 0.0794 e. The zero-order chi connectivity index (χ0) is 11.7. The van der Waals surface area contributed by atoms with Crippen molar-refractivity contribution in [3.05, 3.63) is 33.6 Å². The van der Waals surface area contributed by atoms with E-state index in [1.807, 2.05) is 34.8 Å². The lowest BCUT2D eigenvalue weighted by Crippen LogP contribution is -2.25. The fourth-order valence-electron chi connectivity index (χ4n) is 2.10. The van der Waals surface area contributed by atoms with Crippen LogP contribution in [0.25, 0.3) is 0 Å². The van der Waals surface area contributed by atoms with E-state index in [0.717, 1.165) is 6.54 Å². The summed E-state index contributed by atoms with van der Waals surface area (Å²) in [6.07, 6.45) is 3.17. The van der Waals surface area contributed by atoms with Crippen LogP contribution in [0.3, 0.4) is 0 Å². The molecule has 0 saturated heterocycles. The van der Waals surface area contributed by atoms with Crippen LogP contribution in [0, 0.1) is 0 Å². The van der Waals surface area contributed by atoms with Crippen LogP contribution in [-0.2, 0) is 6.54 Å². The third kappa shape index (κ3) is 2.57. The van der Waals surface area contributed by atoms with E-state index < -0.39 is 0 Å². The molecule has 2 aromatic rings. The van der Waals surface area contributed by atoms with E-state index in [1.165, 1.54) is 21.1 Å². The van der Waals surface area contributed by atoms with Crippen molar-refractivity contribution < 1.29 is 0 Å². The van der Waals surface area contributed by atoms with Gasteiger partial charge in [-0.05, 0) is 23.4 Å². The number of fused-ring (bicyclic) bond motifs is 1. The molecule has 1 N–H and O–H groups in total. The van der Waals surface area contributed by atoms with E-state index in [9.17, 15) is 0 Å². The second-order valence-corrected chi connectivity index (χ2v) is 7.82. The average molecular weight is 282 g/mol. The Morgan fingerprint density at radius 3 is 3.24 bits per heavy atom. The molecule has 3 rings (SSSR count). The first-order valence-corrected chi connectivity index (χ1v) is 8.31. The molecule has 0 bridgehead atoms. The molecule has 0 spiro atoms. The van der Waals surface area contributed by atoms with E-state index in [1.54, 1.807) is 11.3 Å². The lowest BCUT2D eigenvalue weighted by atomic mass is 10.0. The standard InChI is InChI=1S/C12H14N2S3/c1-8-4-11(10-2-3-15-12(10)17-8)14-6-9-5-13-7-16-9/h2-3,5,7-8,11,14H,4,6H2,1H3/t8-,11?/m0/s1. The van der Waals surface area contributed by atoms with Crippen molar-refractivity contribution in [1.82, 2.24) is 10.3 Å². The third-order valence-electron chi connectivity index (χ3n) is 2.92. The van der Waals surface area contributed by atoms with Gasteiger partial charge in [0, 0.05) is 28.9 Å². The molecule has 0 saturated carbocycles. The summed E-state index contributed by atoms with van der Waals surface area (Å²) in [5.41, 5.74) is 3.38. The van der Waals surface area contributed by atoms with Crippen molar-refractivity contribution in [2.45, 2.75) is 35.4 Å². The maximum absolute atomic E-state index is 4.11. The molecular weight excluding hydrogens is 268 g/mol. The molecule has 17 heavy (non-hydrogen) atoms. The number of hydrogen-bond acceptors (Lipinski definition) is 5. The van der Waals surface area contributed by atoms with E-state index >= 15 is 0 Å². The number of aromatic nitrogens is 1. The molecule has 0 fully saturated rings. The molecule has 0 radical (unpaired) electrons. The fraction of sp³-hybridized carbons (Fsp3) is 0.417. The largest absolute Gasteiger partial charge is 0.305 e. The van der Waals surface area contributed by atoms with Gasteiger partial charge >= 0.3 is 0 Å². The van der Waals surface area contributed by atoms with Crippen LogP contribution < -0.4 is 5.32 Å². The van der Waals surface area contributed by atoms with E-state index in [0.29, 0.717) is 11.3 Å². The van der Waals surface area contributed by atoms with Crippen molar-refractivity contribution in [3.63, 3.8) is 0 Å². The molecule has 1 unspecified atom stereocenters. The second-order valence-electron chi connectivity index (χ2n) is 4.23. The number of thiophene rings is 1. The minimum Gasteiger partial charge on any atom is -0.305 e. The van der Waals surface area contributed by atoms with Gasteiger partial charge in [-0.2, -0.15) is 0 Å². The van der Waals surface area contributed by atoms with Crippen LogP contribution in [0.5, 0.6) is 0 Å². The average Bonchev–Trinajstić information content (AvgIpc) is 2.95. The summed E-state index contributed by atoms with van der Waals surface area (Å²) < 4.78 is 1.49. The molecule has 90 valence electrons. The molecule has 0 aliphatic carbocycles. The first-order valence-electron chi connectivity index (χ1n) is 5.67. The minimum absolute atomic E-state index is 0.509. The molecule has 2 aromatic heterocycles. The summed E-state index contributed by atoms with van der Waals surface area (Å²) in [5, 5.41) is 6.57. The zero-order valence-corrected chi connectivity index (χ0v) is 12.0. The van der Waals surface area contributed by atoms with Crippen molar-refractivity contribution in [2.75, 3.05) is 0 Å². The number of nitrogens with zero attached hydrogens (tertiary/aromatic N) is 1. The van der Waals surface area contributed by atoms with Crippen molar-refractivity contribution in [2.24, 2.45) is 0 Å². The van der Waals surface area contributed by atoms with Gasteiger partial charge in [-0.25, -0.2) is 0 Å². The van der Waals surface area contributed by atoms with Crippen LogP contribution in [0.4, 0.5) is 0 Å². The molecule has 5 heteroatoms. The van der Waals surface area contributed by atoms with Crippen LogP contribution >= 0.6 is 34.4 Å². The normalized spacial score (nSPS) is 23.6. The van der Waals surface area contributed by atoms with Crippen molar-refractivity contribution in [1.29, 1.82) is 0 Å². The summed E-state index contributed by atoms with van der Waals surface area (Å²) in [5.74, 6) is 0. The van der Waals surface area contributed by atoms with Gasteiger partial charge in [0.1, 0.15) is 0 Å². The number of thiazole rings is 1. The first-order chi connectivity index (χ1) is 8.33. The lowest BCUT2D eigenvalue weighted by Gasteiger charge is -2.27. The summed E-state index contributed by atoms with van der Waals surface area (Å²) >= 11 is 5.60. The zero-order valence-electron chi connectivity index (χ0n) is 9.55. The van der Waals surface area contributed by atoms with Gasteiger partial charge in [-0.1, -0.05) is 6.92 Å². The summed E-state index contributed by atoms with van der Waals surface area (Å²) in [7, 11) is 0. The van der Waals surface area contributed by atoms with E-state index in [-0.39, 0.29) is 0 Å². The Morgan fingerprint density at radius 1 is 1.47 bits per heavy atom. The van der Waals surface area contributed by atoms with Crippen LogP contribution in [0.2, 0.25) is 0 Å². The maximum atomic E-state index is 4.11. The highest BCUT2D eigenvalue weighted by Gasteiger charge is 2.25. The summed E-state index contributed by atoms with van der Waals surface area (Å²) in [6, 6.07) is 2.78. The Morgan fingerprint density at radius 2 is 2.41 bits per heavy atom. The summed E-state index contributed by atoms with van der Waals surface area (Å²) in [6.45, 7) is 3.25. The molecule has 3 heterocycles. The molecule has 1 aliphatic heterocycles. The van der Waals surface area contributed by atoms with Gasteiger partial charge in [0.15, 0.2) is 0 Å². The van der Waals surface area contributed by atoms with Gasteiger partial charge in [0.05, 0.1) is 9.72 Å². The Balaban J connectivity index is 1.71. The quantitative estimate of drug-likeness (QED) is 0.923. The highest BCUT2D eigenvalue weighted by atomic mass is 32.2. The predicted octanol–water partition coefficient (Wildman–Crippen LogP) is 3.92. The highest BCUT2D eigenvalue weighted by molar-refractivity contribution is 8.01. The van der Waals surface area contributed by atoms with E-state index in [4.69, 9.17) is 0 Å². The monoisotopic (exact) mass is 282 g/mol. The van der Waals surface area contributed by atoms with Gasteiger partial charge in [-0.3, -0.25) is 4.98 Å². The van der Waals surface area contributed by atoms with Crippen LogP contribution in [-0.4, -0.2) is 10.2 Å². The van der Waals surface area contributed by atoms with Gasteiger partial charge in [-0.15, -0.1) is 34.4 Å². The Bertz CT molecular complexity index is 478. The van der Waals surface area contributed by atoms with Gasteiger partial charge in [0.25, 0.3) is 0 Å². The second kappa shape index (κ2) is 5.10. The molecule has 1 aliphatic rings. The van der Waals surface area contributed by atoms with Crippen LogP contribution in [0.1, 0.15) is 29.8 Å². The fourth-order valence-corrected chi connectivity index (χ4v) is 5.21. The highest BCUT2D eigenvalue weighted by Crippen LogP contribution is 2.43. The topological polar surface area (TPSA) is 24.9 Å². The Kier molecular flexibility index (Phi) is 3.51. The molecule has 0 amide bonds. The minimum atomic E-state index is 0.509. The van der Waals surface area contributed by atoms with E-state index in [2.05, 4.69) is 28.7 Å². The Hall–Kier alpha value is -0.360. The smallest absolute Gasteiger partial charge is 0.0794 e. The van der Waals surface area contributed by atoms with Gasteiger partial charge < -0.3 is 5.32 Å². The first kappa shape index (κ1) is 11.7. The number of thioether (sulfide) groups is 1. The summed E-state index contributed by atoms with van der Waals surface area (Å²) in [4.78, 5) is 5.42. The molecule has 0 aromatic carbocycles. The lowest BCUT2D eigenvalue weighted by molar-refractivity contribution is 0.490. The third-order valence-corrected chi connectivity index (χ3v) is 6.04. The van der Waals surface area contributed by atoms with Crippen molar-refractivity contribution in [3.8, 4) is 0 Å². The molecule has 2 atom stereocenters.